The Kier molecular flexibility index (Phi) is 6.74. The molecule has 1 heterocycles. The first-order valence-electron chi connectivity index (χ1n) is 18.6. The summed E-state index contributed by atoms with van der Waals surface area (Å²) in [4.78, 5) is 15.4. The largest absolute Gasteiger partial charge is 0.208 e. The summed E-state index contributed by atoms with van der Waals surface area (Å²) in [6.07, 6.45) is 8.50. The van der Waals surface area contributed by atoms with Crippen LogP contribution in [0.3, 0.4) is 0 Å². The van der Waals surface area contributed by atoms with Crippen LogP contribution in [-0.4, -0.2) is 15.0 Å². The fraction of sp³-hybridized carbons (Fsp3) is 0.277. The zero-order valence-electron chi connectivity index (χ0n) is 29.2. The molecule has 11 rings (SSSR count). The lowest BCUT2D eigenvalue weighted by Crippen LogP contribution is -2.48. The molecule has 0 radical (unpaired) electrons. The van der Waals surface area contributed by atoms with Crippen LogP contribution in [0.4, 0.5) is 0 Å². The van der Waals surface area contributed by atoms with E-state index in [-0.39, 0.29) is 5.41 Å². The Labute approximate surface area is 300 Å². The van der Waals surface area contributed by atoms with Gasteiger partial charge in [0.2, 0.25) is 0 Å². The van der Waals surface area contributed by atoms with Crippen LogP contribution in [-0.2, 0) is 10.8 Å². The molecule has 0 N–H and O–H groups in total. The molecule has 5 aliphatic carbocycles. The molecule has 0 atom stereocenters. The molecule has 0 saturated heterocycles. The second kappa shape index (κ2) is 11.3. The van der Waals surface area contributed by atoms with E-state index in [0.29, 0.717) is 28.5 Å². The van der Waals surface area contributed by atoms with Crippen LogP contribution in [0.15, 0.2) is 115 Å². The van der Waals surface area contributed by atoms with Gasteiger partial charge >= 0.3 is 0 Å². The number of aromatic nitrogens is 3. The van der Waals surface area contributed by atoms with Gasteiger partial charge < -0.3 is 0 Å². The quantitative estimate of drug-likeness (QED) is 0.185. The Morgan fingerprint density at radius 1 is 0.529 bits per heavy atom. The van der Waals surface area contributed by atoms with Crippen molar-refractivity contribution in [2.24, 2.45) is 17.8 Å². The molecule has 4 saturated carbocycles. The third kappa shape index (κ3) is 4.89. The minimum atomic E-state index is -0.263. The van der Waals surface area contributed by atoms with E-state index in [1.54, 1.807) is 5.56 Å². The van der Waals surface area contributed by atoms with E-state index in [1.807, 2.05) is 30.3 Å². The number of hydrogen-bond acceptors (Lipinski definition) is 4. The average Bonchev–Trinajstić information content (AvgIpc) is 3.39. The third-order valence-electron chi connectivity index (χ3n) is 12.7. The van der Waals surface area contributed by atoms with Gasteiger partial charge in [-0.2, -0.15) is 5.26 Å². The van der Waals surface area contributed by atoms with Gasteiger partial charge in [0.25, 0.3) is 0 Å². The predicted molar refractivity (Wildman–Crippen MR) is 204 cm³/mol. The van der Waals surface area contributed by atoms with Crippen LogP contribution < -0.4 is 0 Å². The average molecular weight is 661 g/mol. The minimum Gasteiger partial charge on any atom is -0.208 e. The van der Waals surface area contributed by atoms with Gasteiger partial charge in [0.1, 0.15) is 0 Å². The molecule has 4 nitrogen and oxygen atoms in total. The van der Waals surface area contributed by atoms with E-state index in [1.165, 1.54) is 66.3 Å². The lowest BCUT2D eigenvalue weighted by Gasteiger charge is -2.57. The number of nitrogens with zero attached hydrogens (tertiary/aromatic N) is 4. The molecule has 4 bridgehead atoms. The van der Waals surface area contributed by atoms with Gasteiger partial charge in [0.15, 0.2) is 17.5 Å². The topological polar surface area (TPSA) is 62.5 Å². The Bertz CT molecular complexity index is 2350. The van der Waals surface area contributed by atoms with Crippen LogP contribution in [0.25, 0.3) is 56.4 Å². The zero-order valence-corrected chi connectivity index (χ0v) is 29.2. The highest BCUT2D eigenvalue weighted by Crippen LogP contribution is 2.61. The zero-order chi connectivity index (χ0) is 34.3. The van der Waals surface area contributed by atoms with Gasteiger partial charge in [-0.15, -0.1) is 0 Å². The second-order valence-corrected chi connectivity index (χ2v) is 16.3. The van der Waals surface area contributed by atoms with Crippen molar-refractivity contribution in [2.45, 2.75) is 63.2 Å². The molecule has 5 aliphatic rings. The predicted octanol–water partition coefficient (Wildman–Crippen LogP) is 11.2. The van der Waals surface area contributed by atoms with Gasteiger partial charge in [0.05, 0.1) is 11.6 Å². The summed E-state index contributed by atoms with van der Waals surface area (Å²) in [6.45, 7) is 4.48. The lowest BCUT2D eigenvalue weighted by molar-refractivity contribution is -0.00518. The van der Waals surface area contributed by atoms with Crippen LogP contribution in [0.1, 0.15) is 74.6 Å². The molecule has 0 aliphatic heterocycles. The Hall–Kier alpha value is -5.40. The maximum absolute atomic E-state index is 9.62. The number of fused-ring (bicyclic) bond motifs is 3. The van der Waals surface area contributed by atoms with E-state index >= 15 is 0 Å². The lowest BCUT2D eigenvalue weighted by atomic mass is 9.48. The Morgan fingerprint density at radius 2 is 1.08 bits per heavy atom. The molecule has 0 unspecified atom stereocenters. The van der Waals surface area contributed by atoms with E-state index in [4.69, 9.17) is 15.0 Å². The normalized spacial score (nSPS) is 23.4. The van der Waals surface area contributed by atoms with Crippen molar-refractivity contribution in [3.8, 4) is 62.5 Å². The second-order valence-electron chi connectivity index (χ2n) is 16.3. The molecule has 4 heteroatoms. The van der Waals surface area contributed by atoms with Gasteiger partial charge in [-0.25, -0.2) is 15.0 Å². The molecule has 0 spiro atoms. The maximum Gasteiger partial charge on any atom is 0.164 e. The first-order chi connectivity index (χ1) is 24.9. The van der Waals surface area contributed by atoms with Crippen LogP contribution >= 0.6 is 0 Å². The third-order valence-corrected chi connectivity index (χ3v) is 12.7. The molecule has 6 aromatic rings. The summed E-state index contributed by atoms with van der Waals surface area (Å²) in [5.74, 6) is 4.76. The fourth-order valence-electron chi connectivity index (χ4n) is 10.7. The summed E-state index contributed by atoms with van der Waals surface area (Å²) in [6, 6.07) is 43.2. The summed E-state index contributed by atoms with van der Waals surface area (Å²) in [5, 5.41) is 9.62. The summed E-state index contributed by atoms with van der Waals surface area (Å²) < 4.78 is 0. The van der Waals surface area contributed by atoms with E-state index in [9.17, 15) is 5.26 Å². The van der Waals surface area contributed by atoms with E-state index in [2.05, 4.69) is 105 Å². The van der Waals surface area contributed by atoms with Crippen molar-refractivity contribution in [1.29, 1.82) is 5.26 Å². The van der Waals surface area contributed by atoms with Crippen molar-refractivity contribution in [3.05, 3.63) is 138 Å². The van der Waals surface area contributed by atoms with Crippen LogP contribution in [0.5, 0.6) is 0 Å². The SMILES string of the molecule is CC1(C)c2cc(C#N)ccc2-c2ccc(-c3nc(-c4ccccc4)nc(-c4ccccc4-c4ccc(C56CC7C[C@H](C5)C[C@@H](C7)C6)cc4)n3)cc21. The summed E-state index contributed by atoms with van der Waals surface area (Å²) in [7, 11) is 0. The molecule has 248 valence electrons. The molecule has 0 amide bonds. The highest BCUT2D eigenvalue weighted by molar-refractivity contribution is 5.85. The molecular formula is C47H40N4. The molecule has 51 heavy (non-hydrogen) atoms. The monoisotopic (exact) mass is 660 g/mol. The smallest absolute Gasteiger partial charge is 0.164 e. The molecule has 5 aromatic carbocycles. The Balaban J connectivity index is 1.06. The van der Waals surface area contributed by atoms with Crippen LogP contribution in [0, 0.1) is 29.1 Å². The Morgan fingerprint density at radius 3 is 1.75 bits per heavy atom. The maximum atomic E-state index is 9.62. The van der Waals surface area contributed by atoms with Gasteiger partial charge in [-0.3, -0.25) is 0 Å². The van der Waals surface area contributed by atoms with Gasteiger partial charge in [-0.05, 0) is 119 Å². The van der Waals surface area contributed by atoms with Crippen molar-refractivity contribution in [2.75, 3.05) is 0 Å². The standard InChI is InChI=1S/C47H40N4/c1-46(2)41-23-29(28-48)12-18-38(41)39-19-15-35(24-42(39)46)44-49-43(34-8-4-3-5-9-34)50-45(51-44)40-11-7-6-10-37(40)33-13-16-36(17-14-33)47-25-30-20-31(26-47)22-32(21-30)27-47/h3-19,23-24,30-32H,20-22,25-27H2,1-2H3/t30-,31+,32?,47?. The van der Waals surface area contributed by atoms with Crippen molar-refractivity contribution in [1.82, 2.24) is 15.0 Å². The minimum absolute atomic E-state index is 0.263. The van der Waals surface area contributed by atoms with Crippen molar-refractivity contribution >= 4 is 0 Å². The number of benzene rings is 5. The first kappa shape index (κ1) is 30.4. The van der Waals surface area contributed by atoms with Gasteiger partial charge in [0, 0.05) is 22.1 Å². The number of rotatable bonds is 5. The van der Waals surface area contributed by atoms with E-state index < -0.39 is 0 Å². The summed E-state index contributed by atoms with van der Waals surface area (Å²) in [5.41, 5.74) is 12.3. The van der Waals surface area contributed by atoms with Gasteiger partial charge in [-0.1, -0.05) is 111 Å². The first-order valence-corrected chi connectivity index (χ1v) is 18.6. The van der Waals surface area contributed by atoms with Crippen molar-refractivity contribution in [3.63, 3.8) is 0 Å². The van der Waals surface area contributed by atoms with E-state index in [0.717, 1.165) is 40.0 Å². The molecule has 1 aromatic heterocycles. The summed E-state index contributed by atoms with van der Waals surface area (Å²) >= 11 is 0. The highest BCUT2D eigenvalue weighted by atomic mass is 15.0. The van der Waals surface area contributed by atoms with Crippen molar-refractivity contribution < 1.29 is 0 Å². The highest BCUT2D eigenvalue weighted by Gasteiger charge is 2.51. The fourth-order valence-corrected chi connectivity index (χ4v) is 10.7. The van der Waals surface area contributed by atoms with Crippen LogP contribution in [0.2, 0.25) is 0 Å². The molecular weight excluding hydrogens is 621 g/mol. The number of hydrogen-bond donors (Lipinski definition) is 0. The molecule has 4 fully saturated rings. The number of nitriles is 1.